The molecule has 0 heterocycles. The van der Waals surface area contributed by atoms with Crippen molar-refractivity contribution in [1.29, 1.82) is 0 Å². The number of carbonyl (C=O) groups is 2. The molecule has 1 atom stereocenters. The van der Waals surface area contributed by atoms with Gasteiger partial charge in [-0.2, -0.15) is 0 Å². The maximum atomic E-state index is 12.8. The molecule has 0 bridgehead atoms. The molecule has 0 radical (unpaired) electrons. The van der Waals surface area contributed by atoms with Gasteiger partial charge in [-0.05, 0) is 70.6 Å². The largest absolute Gasteiger partial charge is 0.461 e. The Morgan fingerprint density at radius 1 is 0.400 bits per heavy atom. The summed E-state index contributed by atoms with van der Waals surface area (Å²) in [6.07, 6.45) is 65.0. The molecule has 0 aromatic rings. The summed E-state index contributed by atoms with van der Waals surface area (Å²) in [7, 11) is 0. The van der Waals surface area contributed by atoms with E-state index in [4.69, 9.17) is 14.2 Å². The van der Waals surface area contributed by atoms with Crippen LogP contribution in [0, 0.1) is 0 Å². The Bertz CT molecular complexity index is 1080. The van der Waals surface area contributed by atoms with Crippen LogP contribution < -0.4 is 0 Å². The Kier molecular flexibility index (Phi) is 48.4. The fraction of sp³-hybridized carbons (Fsp3) is 0.745. The van der Waals surface area contributed by atoms with E-state index in [0.717, 1.165) is 57.8 Å². The van der Waals surface area contributed by atoms with Crippen molar-refractivity contribution >= 4 is 11.9 Å². The van der Waals surface area contributed by atoms with Gasteiger partial charge in [0.25, 0.3) is 0 Å². The van der Waals surface area contributed by atoms with E-state index in [9.17, 15) is 9.59 Å². The number of hydrogen-bond donors (Lipinski definition) is 0. The zero-order valence-electron chi connectivity index (χ0n) is 39.7. The number of rotatable bonds is 46. The Morgan fingerprint density at radius 3 is 1.27 bits per heavy atom. The van der Waals surface area contributed by atoms with E-state index in [-0.39, 0.29) is 31.6 Å². The lowest BCUT2D eigenvalue weighted by Crippen LogP contribution is -2.30. The standard InChI is InChI=1S/C55H96O5/c1-4-7-10-13-16-19-22-25-27-29-32-35-38-41-44-47-50-58-51-53(60-55(57)49-46-43-40-37-34-30-24-21-18-15-12-9-6-3)52-59-54(56)48-45-42-39-36-33-31-28-26-23-20-17-14-11-8-5-2/h8,11,17,20,25-28,33,36,42,45,53H,4-7,9-10,12-16,18-19,21-24,29-32,34-35,37-41,43-44,46-52H2,1-3H3/b11-8-,20-17-,27-25-,28-26-,36-33-,45-42-. The first kappa shape index (κ1) is 57.3. The number of esters is 2. The Balaban J connectivity index is 4.38. The van der Waals surface area contributed by atoms with Gasteiger partial charge in [0, 0.05) is 13.0 Å². The molecule has 0 aliphatic rings. The molecule has 0 saturated carbocycles. The fourth-order valence-corrected chi connectivity index (χ4v) is 6.99. The van der Waals surface area contributed by atoms with E-state index in [1.807, 2.05) is 12.2 Å². The molecule has 0 spiro atoms. The van der Waals surface area contributed by atoms with E-state index in [1.165, 1.54) is 148 Å². The van der Waals surface area contributed by atoms with Crippen LogP contribution in [0.2, 0.25) is 0 Å². The summed E-state index contributed by atoms with van der Waals surface area (Å²) >= 11 is 0. The zero-order valence-corrected chi connectivity index (χ0v) is 39.7. The zero-order chi connectivity index (χ0) is 43.5. The summed E-state index contributed by atoms with van der Waals surface area (Å²) < 4.78 is 17.3. The summed E-state index contributed by atoms with van der Waals surface area (Å²) in [5.41, 5.74) is 0. The van der Waals surface area contributed by atoms with E-state index >= 15 is 0 Å². The Hall–Kier alpha value is -2.66. The minimum atomic E-state index is -0.578. The third kappa shape index (κ3) is 48.0. The van der Waals surface area contributed by atoms with Crippen LogP contribution in [0.4, 0.5) is 0 Å². The first-order valence-corrected chi connectivity index (χ1v) is 25.5. The SMILES string of the molecule is CC/C=C\C/C=C\C/C=C\C/C=C\C/C=C\CC(=O)OCC(COCCCCCCCC/C=C\CCCCCCCC)OC(=O)CCCCCCCCCCCCCCC. The van der Waals surface area contributed by atoms with Gasteiger partial charge >= 0.3 is 11.9 Å². The minimum Gasteiger partial charge on any atom is -0.461 e. The van der Waals surface area contributed by atoms with Gasteiger partial charge in [-0.3, -0.25) is 9.59 Å². The second kappa shape index (κ2) is 50.7. The van der Waals surface area contributed by atoms with Gasteiger partial charge in [0.05, 0.1) is 13.0 Å². The molecular weight excluding hydrogens is 741 g/mol. The van der Waals surface area contributed by atoms with Crippen molar-refractivity contribution in [2.75, 3.05) is 19.8 Å². The first-order valence-electron chi connectivity index (χ1n) is 25.5. The van der Waals surface area contributed by atoms with Crippen LogP contribution in [-0.4, -0.2) is 37.9 Å². The van der Waals surface area contributed by atoms with Crippen molar-refractivity contribution in [1.82, 2.24) is 0 Å². The molecule has 346 valence electrons. The second-order valence-corrected chi connectivity index (χ2v) is 16.7. The maximum absolute atomic E-state index is 12.8. The maximum Gasteiger partial charge on any atom is 0.309 e. The lowest BCUT2D eigenvalue weighted by Gasteiger charge is -2.18. The van der Waals surface area contributed by atoms with Crippen molar-refractivity contribution in [2.24, 2.45) is 0 Å². The molecule has 0 aliphatic heterocycles. The lowest BCUT2D eigenvalue weighted by molar-refractivity contribution is -0.162. The van der Waals surface area contributed by atoms with Crippen molar-refractivity contribution in [2.45, 2.75) is 245 Å². The molecule has 1 unspecified atom stereocenters. The topological polar surface area (TPSA) is 61.8 Å². The van der Waals surface area contributed by atoms with Crippen LogP contribution in [0.3, 0.4) is 0 Å². The summed E-state index contributed by atoms with van der Waals surface area (Å²) in [4.78, 5) is 25.3. The highest BCUT2D eigenvalue weighted by Crippen LogP contribution is 2.14. The minimum absolute atomic E-state index is 0.0291. The van der Waals surface area contributed by atoms with Gasteiger partial charge in [-0.25, -0.2) is 0 Å². The average Bonchev–Trinajstić information content (AvgIpc) is 3.25. The van der Waals surface area contributed by atoms with Crippen molar-refractivity contribution < 1.29 is 23.8 Å². The molecule has 0 N–H and O–H groups in total. The predicted octanol–water partition coefficient (Wildman–Crippen LogP) is 17.1. The number of carbonyl (C=O) groups excluding carboxylic acids is 2. The molecule has 0 rings (SSSR count). The van der Waals surface area contributed by atoms with Crippen molar-refractivity contribution in [3.8, 4) is 0 Å². The normalized spacial score (nSPS) is 12.8. The van der Waals surface area contributed by atoms with Crippen LogP contribution in [-0.2, 0) is 23.8 Å². The van der Waals surface area contributed by atoms with E-state index < -0.39 is 6.10 Å². The number of unbranched alkanes of at least 4 members (excludes halogenated alkanes) is 24. The molecule has 0 fully saturated rings. The number of allylic oxidation sites excluding steroid dienone is 11. The van der Waals surface area contributed by atoms with Crippen molar-refractivity contribution in [3.05, 3.63) is 72.9 Å². The van der Waals surface area contributed by atoms with Gasteiger partial charge in [0.2, 0.25) is 0 Å². The van der Waals surface area contributed by atoms with Crippen LogP contribution >= 0.6 is 0 Å². The summed E-state index contributed by atoms with van der Waals surface area (Å²) in [6.45, 7) is 7.60. The Morgan fingerprint density at radius 2 is 0.800 bits per heavy atom. The van der Waals surface area contributed by atoms with Gasteiger partial charge < -0.3 is 14.2 Å². The van der Waals surface area contributed by atoms with Crippen LogP contribution in [0.15, 0.2) is 72.9 Å². The summed E-state index contributed by atoms with van der Waals surface area (Å²) in [6, 6.07) is 0. The number of ether oxygens (including phenoxy) is 3. The van der Waals surface area contributed by atoms with Gasteiger partial charge in [0.1, 0.15) is 6.61 Å². The van der Waals surface area contributed by atoms with Gasteiger partial charge in [-0.1, -0.05) is 229 Å². The first-order chi connectivity index (χ1) is 29.6. The molecule has 0 aliphatic carbocycles. The highest BCUT2D eigenvalue weighted by molar-refractivity contribution is 5.71. The van der Waals surface area contributed by atoms with Crippen LogP contribution in [0.5, 0.6) is 0 Å². The van der Waals surface area contributed by atoms with E-state index in [2.05, 4.69) is 81.5 Å². The monoisotopic (exact) mass is 837 g/mol. The molecule has 0 saturated heterocycles. The molecule has 0 aromatic carbocycles. The number of hydrogen-bond acceptors (Lipinski definition) is 5. The molecule has 0 amide bonds. The highest BCUT2D eigenvalue weighted by atomic mass is 16.6. The quantitative estimate of drug-likeness (QED) is 0.0347. The molecule has 5 nitrogen and oxygen atoms in total. The van der Waals surface area contributed by atoms with Gasteiger partial charge in [-0.15, -0.1) is 0 Å². The highest BCUT2D eigenvalue weighted by Gasteiger charge is 2.17. The lowest BCUT2D eigenvalue weighted by atomic mass is 10.0. The smallest absolute Gasteiger partial charge is 0.309 e. The molecular formula is C55H96O5. The van der Waals surface area contributed by atoms with Gasteiger partial charge in [0.15, 0.2) is 6.10 Å². The van der Waals surface area contributed by atoms with Crippen LogP contribution in [0.1, 0.15) is 239 Å². The average molecular weight is 837 g/mol. The summed E-state index contributed by atoms with van der Waals surface area (Å²) in [5.74, 6) is -0.542. The molecule has 5 heteroatoms. The van der Waals surface area contributed by atoms with E-state index in [0.29, 0.717) is 13.0 Å². The Labute approximate surface area is 372 Å². The predicted molar refractivity (Wildman–Crippen MR) is 260 cm³/mol. The second-order valence-electron chi connectivity index (χ2n) is 16.7. The third-order valence-corrected chi connectivity index (χ3v) is 10.8. The third-order valence-electron chi connectivity index (χ3n) is 10.8. The van der Waals surface area contributed by atoms with Crippen LogP contribution in [0.25, 0.3) is 0 Å². The molecule has 60 heavy (non-hydrogen) atoms. The molecule has 0 aromatic heterocycles. The van der Waals surface area contributed by atoms with E-state index in [1.54, 1.807) is 0 Å². The summed E-state index contributed by atoms with van der Waals surface area (Å²) in [5, 5.41) is 0. The van der Waals surface area contributed by atoms with Crippen molar-refractivity contribution in [3.63, 3.8) is 0 Å². The fourth-order valence-electron chi connectivity index (χ4n) is 6.99.